The van der Waals surface area contributed by atoms with Crippen LogP contribution >= 0.6 is 11.6 Å². The van der Waals surface area contributed by atoms with E-state index in [2.05, 4.69) is 5.32 Å². The van der Waals surface area contributed by atoms with Crippen molar-refractivity contribution in [3.05, 3.63) is 88.9 Å². The lowest BCUT2D eigenvalue weighted by Crippen LogP contribution is -2.56. The molecule has 0 fully saturated rings. The molecule has 3 aromatic rings. The van der Waals surface area contributed by atoms with Crippen LogP contribution in [0.25, 0.3) is 0 Å². The van der Waals surface area contributed by atoms with Gasteiger partial charge in [0.2, 0.25) is 21.8 Å². The van der Waals surface area contributed by atoms with Crippen molar-refractivity contribution in [3.8, 4) is 11.5 Å². The van der Waals surface area contributed by atoms with Gasteiger partial charge < -0.3 is 19.7 Å². The number of rotatable bonds is 12. The molecule has 9 nitrogen and oxygen atoms in total. The number of sulfonamides is 1. The van der Waals surface area contributed by atoms with Crippen molar-refractivity contribution in [2.75, 3.05) is 31.3 Å². The highest BCUT2D eigenvalue weighted by Crippen LogP contribution is 2.34. The summed E-state index contributed by atoms with van der Waals surface area (Å²) in [6.45, 7) is 4.93. The highest BCUT2D eigenvalue weighted by molar-refractivity contribution is 7.92. The van der Waals surface area contributed by atoms with Crippen LogP contribution in [0.4, 0.5) is 5.69 Å². The molecule has 1 atom stereocenters. The quantitative estimate of drug-likeness (QED) is 0.317. The number of carbonyl (C=O) groups excluding carboxylic acids is 2. The average molecular weight is 616 g/mol. The lowest BCUT2D eigenvalue weighted by atomic mass is 10.0. The number of anilines is 1. The normalized spacial score (nSPS) is 12.3. The van der Waals surface area contributed by atoms with Crippen molar-refractivity contribution in [1.82, 2.24) is 10.2 Å². The first-order chi connectivity index (χ1) is 19.7. The SMILES string of the molecule is COc1ccc(OC)c(N(CC(=O)N(Cc2ccccc2Cl)[C@@H](Cc2ccccc2)C(=O)NC(C)(C)C)S(C)(=O)=O)c1. The Bertz CT molecular complexity index is 1490. The number of methoxy groups -OCH3 is 2. The molecule has 2 amide bonds. The number of amides is 2. The van der Waals surface area contributed by atoms with Crippen molar-refractivity contribution in [2.24, 2.45) is 0 Å². The van der Waals surface area contributed by atoms with Crippen LogP contribution in [0, 0.1) is 0 Å². The van der Waals surface area contributed by atoms with Crippen LogP contribution in [-0.4, -0.2) is 63.7 Å². The van der Waals surface area contributed by atoms with E-state index in [-0.39, 0.29) is 30.3 Å². The minimum absolute atomic E-state index is 0.0274. The predicted octanol–water partition coefficient (Wildman–Crippen LogP) is 4.68. The summed E-state index contributed by atoms with van der Waals surface area (Å²) < 4.78 is 37.9. The molecule has 11 heteroatoms. The number of nitrogens with zero attached hydrogens (tertiary/aromatic N) is 2. The van der Waals surface area contributed by atoms with E-state index in [0.717, 1.165) is 16.1 Å². The van der Waals surface area contributed by atoms with Gasteiger partial charge >= 0.3 is 0 Å². The van der Waals surface area contributed by atoms with Gasteiger partial charge in [0.15, 0.2) is 0 Å². The molecule has 3 aromatic carbocycles. The molecule has 0 saturated heterocycles. The van der Waals surface area contributed by atoms with Crippen LogP contribution in [0.1, 0.15) is 31.9 Å². The van der Waals surface area contributed by atoms with E-state index in [0.29, 0.717) is 16.3 Å². The Kier molecular flexibility index (Phi) is 10.9. The summed E-state index contributed by atoms with van der Waals surface area (Å²) in [6.07, 6.45) is 1.20. The molecule has 0 aromatic heterocycles. The lowest BCUT2D eigenvalue weighted by molar-refractivity contribution is -0.140. The number of halogens is 1. The van der Waals surface area contributed by atoms with Crippen molar-refractivity contribution < 1.29 is 27.5 Å². The first kappa shape index (κ1) is 32.8. The molecule has 0 aliphatic heterocycles. The second-order valence-corrected chi connectivity index (χ2v) is 13.2. The first-order valence-electron chi connectivity index (χ1n) is 13.3. The van der Waals surface area contributed by atoms with Crippen LogP contribution < -0.4 is 19.1 Å². The molecule has 1 N–H and O–H groups in total. The summed E-state index contributed by atoms with van der Waals surface area (Å²) in [5, 5.41) is 3.41. The third-order valence-corrected chi connectivity index (χ3v) is 7.90. The van der Waals surface area contributed by atoms with Gasteiger partial charge in [-0.1, -0.05) is 60.1 Å². The van der Waals surface area contributed by atoms with Gasteiger partial charge in [0.05, 0.1) is 26.2 Å². The summed E-state index contributed by atoms with van der Waals surface area (Å²) >= 11 is 6.50. The molecule has 0 radical (unpaired) electrons. The highest BCUT2D eigenvalue weighted by Gasteiger charge is 2.35. The van der Waals surface area contributed by atoms with Crippen molar-refractivity contribution in [1.29, 1.82) is 0 Å². The fourth-order valence-corrected chi connectivity index (χ4v) is 5.44. The largest absolute Gasteiger partial charge is 0.497 e. The highest BCUT2D eigenvalue weighted by atomic mass is 35.5. The molecular weight excluding hydrogens is 578 g/mol. The standard InChI is InChI=1S/C31H38ClN3O6S/c1-31(2,3)33-30(37)27(18-22-12-8-7-9-13-22)34(20-23-14-10-11-15-25(23)32)29(36)21-35(42(6,38)39)26-19-24(40-4)16-17-28(26)41-5/h7-17,19,27H,18,20-21H2,1-6H3,(H,33,37)/t27-/m0/s1. The van der Waals surface area contributed by atoms with E-state index in [1.165, 1.54) is 25.2 Å². The molecule has 0 saturated carbocycles. The summed E-state index contributed by atoms with van der Waals surface area (Å²) in [4.78, 5) is 29.5. The molecule has 0 bridgehead atoms. The summed E-state index contributed by atoms with van der Waals surface area (Å²) in [7, 11) is -1.14. The average Bonchev–Trinajstić information content (AvgIpc) is 2.93. The van der Waals surface area contributed by atoms with Gasteiger partial charge in [-0.15, -0.1) is 0 Å². The topological polar surface area (TPSA) is 105 Å². The van der Waals surface area contributed by atoms with Gasteiger partial charge in [-0.25, -0.2) is 8.42 Å². The van der Waals surface area contributed by atoms with E-state index >= 15 is 0 Å². The van der Waals surface area contributed by atoms with E-state index in [1.807, 2.05) is 51.1 Å². The third kappa shape index (κ3) is 8.87. The Labute approximate surface area is 253 Å². The predicted molar refractivity (Wildman–Crippen MR) is 166 cm³/mol. The molecular formula is C31H38ClN3O6S. The fraction of sp³-hybridized carbons (Fsp3) is 0.355. The zero-order chi connectivity index (χ0) is 31.1. The Balaban J connectivity index is 2.14. The number of benzene rings is 3. The molecule has 42 heavy (non-hydrogen) atoms. The van der Waals surface area contributed by atoms with Crippen molar-refractivity contribution in [3.63, 3.8) is 0 Å². The zero-order valence-electron chi connectivity index (χ0n) is 24.8. The van der Waals surface area contributed by atoms with E-state index in [1.54, 1.807) is 36.4 Å². The molecule has 0 aliphatic carbocycles. The molecule has 0 unspecified atom stereocenters. The summed E-state index contributed by atoms with van der Waals surface area (Å²) in [5.74, 6) is -0.365. The Morgan fingerprint density at radius 2 is 1.60 bits per heavy atom. The van der Waals surface area contributed by atoms with Crippen LogP contribution in [0.2, 0.25) is 5.02 Å². The number of hydrogen-bond acceptors (Lipinski definition) is 6. The Morgan fingerprint density at radius 3 is 2.17 bits per heavy atom. The monoisotopic (exact) mass is 615 g/mol. The smallest absolute Gasteiger partial charge is 0.244 e. The Hall–Kier alpha value is -3.76. The van der Waals surface area contributed by atoms with E-state index in [9.17, 15) is 18.0 Å². The van der Waals surface area contributed by atoms with Gasteiger partial charge in [-0.2, -0.15) is 0 Å². The summed E-state index contributed by atoms with van der Waals surface area (Å²) in [5.41, 5.74) is 0.985. The maximum atomic E-state index is 14.3. The second kappa shape index (κ2) is 13.9. The number of ether oxygens (including phenoxy) is 2. The second-order valence-electron chi connectivity index (χ2n) is 10.9. The van der Waals surface area contributed by atoms with Gasteiger partial charge in [-0.3, -0.25) is 13.9 Å². The maximum absolute atomic E-state index is 14.3. The zero-order valence-corrected chi connectivity index (χ0v) is 26.3. The molecule has 226 valence electrons. The third-order valence-electron chi connectivity index (χ3n) is 6.40. The molecule has 0 heterocycles. The molecule has 0 spiro atoms. The molecule has 3 rings (SSSR count). The minimum Gasteiger partial charge on any atom is -0.497 e. The fourth-order valence-electron chi connectivity index (χ4n) is 4.40. The van der Waals surface area contributed by atoms with E-state index in [4.69, 9.17) is 21.1 Å². The number of nitrogens with one attached hydrogen (secondary N) is 1. The van der Waals surface area contributed by atoms with Gasteiger partial charge in [0.1, 0.15) is 24.1 Å². The van der Waals surface area contributed by atoms with Gasteiger partial charge in [-0.05, 0) is 50.1 Å². The Morgan fingerprint density at radius 1 is 0.952 bits per heavy atom. The van der Waals surface area contributed by atoms with E-state index < -0.39 is 34.1 Å². The van der Waals surface area contributed by atoms with Crippen molar-refractivity contribution in [2.45, 2.75) is 45.3 Å². The van der Waals surface area contributed by atoms with Crippen molar-refractivity contribution >= 4 is 39.1 Å². The van der Waals surface area contributed by atoms with Gasteiger partial charge in [0, 0.05) is 29.6 Å². The number of carbonyl (C=O) groups is 2. The maximum Gasteiger partial charge on any atom is 0.244 e. The van der Waals surface area contributed by atoms with Crippen LogP contribution in [0.5, 0.6) is 11.5 Å². The first-order valence-corrected chi connectivity index (χ1v) is 15.5. The molecule has 0 aliphatic rings. The number of hydrogen-bond donors (Lipinski definition) is 1. The van der Waals surface area contributed by atoms with Gasteiger partial charge in [0.25, 0.3) is 0 Å². The van der Waals surface area contributed by atoms with Crippen LogP contribution in [0.3, 0.4) is 0 Å². The summed E-state index contributed by atoms with van der Waals surface area (Å²) in [6, 6.07) is 20.0. The van der Waals surface area contributed by atoms with Crippen LogP contribution in [0.15, 0.2) is 72.8 Å². The van der Waals surface area contributed by atoms with Crippen LogP contribution in [-0.2, 0) is 32.6 Å². The lowest BCUT2D eigenvalue weighted by Gasteiger charge is -2.35. The minimum atomic E-state index is -4.00.